The third-order valence-corrected chi connectivity index (χ3v) is 4.64. The average Bonchev–Trinajstić information content (AvgIpc) is 2.67. The van der Waals surface area contributed by atoms with Gasteiger partial charge in [-0.2, -0.15) is 0 Å². The van der Waals surface area contributed by atoms with Gasteiger partial charge in [-0.25, -0.2) is 9.97 Å². The van der Waals surface area contributed by atoms with Crippen LogP contribution in [0.3, 0.4) is 0 Å². The minimum Gasteiger partial charge on any atom is -0.396 e. The first-order chi connectivity index (χ1) is 7.79. The zero-order valence-electron chi connectivity index (χ0n) is 8.61. The van der Waals surface area contributed by atoms with Gasteiger partial charge in [0, 0.05) is 11.5 Å². The van der Waals surface area contributed by atoms with Crippen LogP contribution in [0.25, 0.3) is 10.2 Å². The van der Waals surface area contributed by atoms with Crippen LogP contribution in [-0.4, -0.2) is 21.7 Å². The van der Waals surface area contributed by atoms with Gasteiger partial charge < -0.3 is 5.11 Å². The third-order valence-electron chi connectivity index (χ3n) is 3.16. The van der Waals surface area contributed by atoms with E-state index in [0.717, 1.165) is 29.5 Å². The molecule has 0 unspecified atom stereocenters. The highest BCUT2D eigenvalue weighted by atomic mass is 35.5. The number of rotatable bonds is 1. The van der Waals surface area contributed by atoms with Crippen LogP contribution in [0.1, 0.15) is 16.9 Å². The summed E-state index contributed by atoms with van der Waals surface area (Å²) >= 11 is 7.83. The Morgan fingerprint density at radius 2 is 2.38 bits per heavy atom. The molecular formula is C11H11ClN2OS. The summed E-state index contributed by atoms with van der Waals surface area (Å²) in [5, 5.41) is 10.8. The number of aromatic nitrogens is 2. The molecule has 0 saturated carbocycles. The molecule has 0 spiro atoms. The van der Waals surface area contributed by atoms with Gasteiger partial charge in [0.25, 0.3) is 0 Å². The van der Waals surface area contributed by atoms with E-state index in [4.69, 9.17) is 11.6 Å². The molecular weight excluding hydrogens is 244 g/mol. The van der Waals surface area contributed by atoms with Crippen molar-refractivity contribution in [3.63, 3.8) is 0 Å². The lowest BCUT2D eigenvalue weighted by Gasteiger charge is -2.19. The topological polar surface area (TPSA) is 46.0 Å². The maximum absolute atomic E-state index is 9.23. The van der Waals surface area contributed by atoms with E-state index in [-0.39, 0.29) is 6.61 Å². The number of hydrogen-bond acceptors (Lipinski definition) is 4. The van der Waals surface area contributed by atoms with Crippen molar-refractivity contribution in [1.29, 1.82) is 0 Å². The molecule has 0 aromatic carbocycles. The zero-order chi connectivity index (χ0) is 11.1. The van der Waals surface area contributed by atoms with Crippen molar-refractivity contribution < 1.29 is 5.11 Å². The summed E-state index contributed by atoms with van der Waals surface area (Å²) in [7, 11) is 0. The Bertz CT molecular complexity index is 540. The first kappa shape index (κ1) is 10.4. The van der Waals surface area contributed by atoms with Crippen molar-refractivity contribution in [3.8, 4) is 0 Å². The van der Waals surface area contributed by atoms with Gasteiger partial charge in [-0.05, 0) is 30.7 Å². The third kappa shape index (κ3) is 1.52. The molecule has 0 radical (unpaired) electrons. The van der Waals surface area contributed by atoms with Crippen molar-refractivity contribution >= 4 is 33.2 Å². The largest absolute Gasteiger partial charge is 0.396 e. The van der Waals surface area contributed by atoms with Crippen molar-refractivity contribution in [2.45, 2.75) is 19.3 Å². The number of hydrogen-bond donors (Lipinski definition) is 1. The molecule has 0 bridgehead atoms. The van der Waals surface area contributed by atoms with E-state index in [0.29, 0.717) is 11.1 Å². The van der Waals surface area contributed by atoms with E-state index in [1.165, 1.54) is 16.8 Å². The monoisotopic (exact) mass is 254 g/mol. The van der Waals surface area contributed by atoms with Gasteiger partial charge >= 0.3 is 0 Å². The molecule has 1 N–H and O–H groups in total. The molecule has 1 aliphatic rings. The van der Waals surface area contributed by atoms with Gasteiger partial charge in [-0.3, -0.25) is 0 Å². The Morgan fingerprint density at radius 1 is 1.50 bits per heavy atom. The molecule has 3 rings (SSSR count). The molecule has 1 aliphatic carbocycles. The summed E-state index contributed by atoms with van der Waals surface area (Å²) in [5.41, 5.74) is 1.26. The zero-order valence-corrected chi connectivity index (χ0v) is 10.2. The Kier molecular flexibility index (Phi) is 2.58. The maximum Gasteiger partial charge on any atom is 0.141 e. The van der Waals surface area contributed by atoms with Crippen LogP contribution < -0.4 is 0 Å². The molecule has 0 fully saturated rings. The highest BCUT2D eigenvalue weighted by Crippen LogP contribution is 2.39. The molecule has 2 heterocycles. The lowest BCUT2D eigenvalue weighted by atomic mass is 9.88. The second kappa shape index (κ2) is 3.95. The van der Waals surface area contributed by atoms with Crippen LogP contribution in [0, 0.1) is 5.92 Å². The molecule has 0 aliphatic heterocycles. The van der Waals surface area contributed by atoms with E-state index in [1.807, 2.05) is 0 Å². The SMILES string of the molecule is OC[C@H]1CCc2sc3ncnc(Cl)c3c2C1. The quantitative estimate of drug-likeness (QED) is 0.795. The molecule has 3 nitrogen and oxygen atoms in total. The van der Waals surface area contributed by atoms with Crippen LogP contribution in [0.2, 0.25) is 5.15 Å². The molecule has 0 amide bonds. The van der Waals surface area contributed by atoms with Gasteiger partial charge in [0.05, 0.1) is 5.39 Å². The predicted octanol–water partition coefficient (Wildman–Crippen LogP) is 2.44. The smallest absolute Gasteiger partial charge is 0.141 e. The lowest BCUT2D eigenvalue weighted by Crippen LogP contribution is -2.15. The maximum atomic E-state index is 9.23. The molecule has 5 heteroatoms. The van der Waals surface area contributed by atoms with Crippen LogP contribution in [0.4, 0.5) is 0 Å². The summed E-state index contributed by atoms with van der Waals surface area (Å²) in [6, 6.07) is 0. The predicted molar refractivity (Wildman–Crippen MR) is 65.0 cm³/mol. The minimum atomic E-state index is 0.252. The van der Waals surface area contributed by atoms with Crippen molar-refractivity contribution in [2.75, 3.05) is 6.61 Å². The van der Waals surface area contributed by atoms with E-state index in [9.17, 15) is 5.11 Å². The Labute approximate surface area is 102 Å². The van der Waals surface area contributed by atoms with Crippen LogP contribution in [0.15, 0.2) is 6.33 Å². The van der Waals surface area contributed by atoms with E-state index in [1.54, 1.807) is 11.3 Å². The van der Waals surface area contributed by atoms with Gasteiger partial charge in [0.2, 0.25) is 0 Å². The van der Waals surface area contributed by atoms with E-state index in [2.05, 4.69) is 9.97 Å². The second-order valence-electron chi connectivity index (χ2n) is 4.14. The van der Waals surface area contributed by atoms with Crippen molar-refractivity contribution in [3.05, 3.63) is 21.9 Å². The molecule has 2 aromatic heterocycles. The second-order valence-corrected chi connectivity index (χ2v) is 5.58. The Hall–Kier alpha value is -0.710. The summed E-state index contributed by atoms with van der Waals surface area (Å²) in [4.78, 5) is 10.6. The normalized spacial score (nSPS) is 20.0. The molecule has 1 atom stereocenters. The number of aryl methyl sites for hydroxylation is 1. The van der Waals surface area contributed by atoms with Gasteiger partial charge in [0.1, 0.15) is 16.3 Å². The van der Waals surface area contributed by atoms with Gasteiger partial charge in [-0.1, -0.05) is 11.6 Å². The first-order valence-corrected chi connectivity index (χ1v) is 6.50. The van der Waals surface area contributed by atoms with Crippen molar-refractivity contribution in [1.82, 2.24) is 9.97 Å². The number of thiophene rings is 1. The highest BCUT2D eigenvalue weighted by Gasteiger charge is 2.24. The standard InChI is InChI=1S/C11H11ClN2OS/c12-10-9-7-3-6(4-15)1-2-8(7)16-11(9)14-5-13-10/h5-6,15H,1-4H2/t6-/m0/s1. The molecule has 2 aromatic rings. The summed E-state index contributed by atoms with van der Waals surface area (Å²) in [6.45, 7) is 0.252. The van der Waals surface area contributed by atoms with Crippen LogP contribution in [-0.2, 0) is 12.8 Å². The fourth-order valence-corrected chi connectivity index (χ4v) is 3.78. The molecule has 0 saturated heterocycles. The average molecular weight is 255 g/mol. The lowest BCUT2D eigenvalue weighted by molar-refractivity contribution is 0.214. The number of aliphatic hydroxyl groups excluding tert-OH is 1. The fraction of sp³-hybridized carbons (Fsp3) is 0.455. The summed E-state index contributed by atoms with van der Waals surface area (Å²) in [5.74, 6) is 0.363. The first-order valence-electron chi connectivity index (χ1n) is 5.31. The van der Waals surface area contributed by atoms with Crippen LogP contribution in [0.5, 0.6) is 0 Å². The fourth-order valence-electron chi connectivity index (χ4n) is 2.30. The van der Waals surface area contributed by atoms with Gasteiger partial charge in [0.15, 0.2) is 0 Å². The summed E-state index contributed by atoms with van der Waals surface area (Å²) in [6.07, 6.45) is 4.49. The van der Waals surface area contributed by atoms with Crippen molar-refractivity contribution in [2.24, 2.45) is 5.92 Å². The number of fused-ring (bicyclic) bond motifs is 3. The number of aliphatic hydroxyl groups is 1. The van der Waals surface area contributed by atoms with Crippen LogP contribution >= 0.6 is 22.9 Å². The Morgan fingerprint density at radius 3 is 3.19 bits per heavy atom. The number of halogens is 1. The van der Waals surface area contributed by atoms with Gasteiger partial charge in [-0.15, -0.1) is 11.3 Å². The van der Waals surface area contributed by atoms with E-state index >= 15 is 0 Å². The molecule has 16 heavy (non-hydrogen) atoms. The minimum absolute atomic E-state index is 0.252. The van der Waals surface area contributed by atoms with E-state index < -0.39 is 0 Å². The highest BCUT2D eigenvalue weighted by molar-refractivity contribution is 7.19. The summed E-state index contributed by atoms with van der Waals surface area (Å²) < 4.78 is 0. The number of nitrogens with zero attached hydrogens (tertiary/aromatic N) is 2. The Balaban J connectivity index is 2.19. The molecule has 84 valence electrons.